The smallest absolute Gasteiger partial charge is 0.224 e. The number of imidazole rings is 1. The lowest BCUT2D eigenvalue weighted by Crippen LogP contribution is -2.14. The fraction of sp³-hybridized carbons (Fsp3) is 0.148. The van der Waals surface area contributed by atoms with Gasteiger partial charge in [-0.1, -0.05) is 26.0 Å². The highest BCUT2D eigenvalue weighted by atomic mass is 32.1. The van der Waals surface area contributed by atoms with Gasteiger partial charge >= 0.3 is 0 Å². The summed E-state index contributed by atoms with van der Waals surface area (Å²) in [6, 6.07) is 13.9. The van der Waals surface area contributed by atoms with Gasteiger partial charge in [0.15, 0.2) is 11.5 Å². The van der Waals surface area contributed by atoms with Crippen molar-refractivity contribution < 1.29 is 4.79 Å². The number of para-hydroxylation sites is 1. The second kappa shape index (κ2) is 9.01. The summed E-state index contributed by atoms with van der Waals surface area (Å²) in [5.74, 6) is 0.900. The van der Waals surface area contributed by atoms with Gasteiger partial charge in [-0.25, -0.2) is 9.97 Å². The van der Waals surface area contributed by atoms with Crippen LogP contribution in [0.1, 0.15) is 20.3 Å². The molecule has 0 unspecified atom stereocenters. The summed E-state index contributed by atoms with van der Waals surface area (Å²) in [7, 11) is 0. The van der Waals surface area contributed by atoms with Gasteiger partial charge in [0, 0.05) is 23.7 Å². The lowest BCUT2D eigenvalue weighted by atomic mass is 10.1. The summed E-state index contributed by atoms with van der Waals surface area (Å²) in [5, 5.41) is 14.7. The maximum atomic E-state index is 12.2. The highest BCUT2D eigenvalue weighted by Gasteiger charge is 2.17. The number of amides is 1. The SMILES string of the molecule is CC(C)CC(=O)Nc1cncc(-c2ccc3[nH]nc(-c4nc5c(-c6ccsc6)cccc5[nH]4)c3n2)c1. The van der Waals surface area contributed by atoms with Crippen LogP contribution in [0.4, 0.5) is 5.69 Å². The summed E-state index contributed by atoms with van der Waals surface area (Å²) in [6.07, 6.45) is 3.84. The number of anilines is 1. The van der Waals surface area contributed by atoms with Crippen molar-refractivity contribution in [1.82, 2.24) is 30.1 Å². The van der Waals surface area contributed by atoms with Crippen molar-refractivity contribution in [2.75, 3.05) is 5.32 Å². The molecule has 0 aliphatic rings. The largest absolute Gasteiger partial charge is 0.336 e. The molecule has 6 rings (SSSR count). The molecular formula is C27H23N7OS. The average Bonchev–Trinajstić information content (AvgIpc) is 3.62. The number of pyridine rings is 2. The third-order valence-corrected chi connectivity index (χ3v) is 6.57. The van der Waals surface area contributed by atoms with Gasteiger partial charge in [-0.2, -0.15) is 16.4 Å². The number of benzene rings is 1. The fourth-order valence-corrected chi connectivity index (χ4v) is 4.91. The summed E-state index contributed by atoms with van der Waals surface area (Å²) in [5.41, 5.74) is 8.39. The van der Waals surface area contributed by atoms with Crippen molar-refractivity contribution in [2.24, 2.45) is 5.92 Å². The highest BCUT2D eigenvalue weighted by Crippen LogP contribution is 2.32. The van der Waals surface area contributed by atoms with Crippen molar-refractivity contribution in [3.63, 3.8) is 0 Å². The zero-order valence-corrected chi connectivity index (χ0v) is 20.6. The first-order valence-electron chi connectivity index (χ1n) is 11.7. The molecule has 0 spiro atoms. The fourth-order valence-electron chi connectivity index (χ4n) is 4.25. The summed E-state index contributed by atoms with van der Waals surface area (Å²) in [6.45, 7) is 4.03. The first-order chi connectivity index (χ1) is 17.5. The van der Waals surface area contributed by atoms with Gasteiger partial charge in [0.1, 0.15) is 5.52 Å². The molecule has 5 aromatic heterocycles. The molecule has 1 aromatic carbocycles. The van der Waals surface area contributed by atoms with Gasteiger partial charge in [0.05, 0.1) is 34.1 Å². The number of thiophene rings is 1. The number of aromatic amines is 2. The number of carbonyl (C=O) groups excluding carboxylic acids is 1. The van der Waals surface area contributed by atoms with E-state index in [4.69, 9.17) is 9.97 Å². The van der Waals surface area contributed by atoms with E-state index in [9.17, 15) is 4.79 Å². The maximum Gasteiger partial charge on any atom is 0.224 e. The monoisotopic (exact) mass is 493 g/mol. The summed E-state index contributed by atoms with van der Waals surface area (Å²) < 4.78 is 0. The first-order valence-corrected chi connectivity index (χ1v) is 12.6. The first kappa shape index (κ1) is 22.1. The third kappa shape index (κ3) is 4.14. The molecule has 9 heteroatoms. The van der Waals surface area contributed by atoms with Crippen molar-refractivity contribution in [3.8, 4) is 33.9 Å². The van der Waals surface area contributed by atoms with E-state index in [-0.39, 0.29) is 11.8 Å². The van der Waals surface area contributed by atoms with E-state index in [0.29, 0.717) is 29.1 Å². The van der Waals surface area contributed by atoms with Gasteiger partial charge in [0.25, 0.3) is 0 Å². The van der Waals surface area contributed by atoms with Crippen LogP contribution in [0, 0.1) is 5.92 Å². The normalized spacial score (nSPS) is 11.5. The van der Waals surface area contributed by atoms with Crippen LogP contribution in [0.25, 0.3) is 56.0 Å². The predicted molar refractivity (Wildman–Crippen MR) is 144 cm³/mol. The van der Waals surface area contributed by atoms with E-state index in [1.54, 1.807) is 23.7 Å². The molecule has 3 N–H and O–H groups in total. The average molecular weight is 494 g/mol. The van der Waals surface area contributed by atoms with Gasteiger partial charge in [-0.3, -0.25) is 14.9 Å². The number of aromatic nitrogens is 6. The van der Waals surface area contributed by atoms with Crippen LogP contribution in [0.2, 0.25) is 0 Å². The van der Waals surface area contributed by atoms with E-state index in [2.05, 4.69) is 48.4 Å². The molecule has 6 aromatic rings. The standard InChI is InChI=1S/C27H23N7OS/c1-15(2)10-23(35)29-18-11-17(12-28-13-18)20-6-7-22-25(30-20)26(34-33-22)27-31-21-5-3-4-19(24(21)32-27)16-8-9-36-14-16/h3-9,11-15H,10H2,1-2H3,(H,29,35)(H,31,32)(H,33,34). The number of H-pyrrole nitrogens is 2. The number of nitrogens with zero attached hydrogens (tertiary/aromatic N) is 4. The van der Waals surface area contributed by atoms with Crippen LogP contribution in [-0.2, 0) is 4.79 Å². The topological polar surface area (TPSA) is 112 Å². The Balaban J connectivity index is 1.38. The van der Waals surface area contributed by atoms with Crippen molar-refractivity contribution in [1.29, 1.82) is 0 Å². The van der Waals surface area contributed by atoms with Crippen molar-refractivity contribution in [2.45, 2.75) is 20.3 Å². The Morgan fingerprint density at radius 2 is 1.94 bits per heavy atom. The van der Waals surface area contributed by atoms with Crippen molar-refractivity contribution >= 4 is 45.0 Å². The van der Waals surface area contributed by atoms with E-state index < -0.39 is 0 Å². The molecule has 178 valence electrons. The van der Waals surface area contributed by atoms with E-state index >= 15 is 0 Å². The van der Waals surface area contributed by atoms with E-state index in [0.717, 1.165) is 38.9 Å². The Morgan fingerprint density at radius 1 is 1.03 bits per heavy atom. The van der Waals surface area contributed by atoms with Gasteiger partial charge in [0.2, 0.25) is 5.91 Å². The van der Waals surface area contributed by atoms with E-state index in [1.807, 2.05) is 44.2 Å². The second-order valence-electron chi connectivity index (χ2n) is 9.07. The minimum atomic E-state index is -0.0313. The zero-order valence-electron chi connectivity index (χ0n) is 19.7. The molecule has 5 heterocycles. The lowest BCUT2D eigenvalue weighted by Gasteiger charge is -2.08. The number of hydrogen-bond donors (Lipinski definition) is 3. The van der Waals surface area contributed by atoms with Gasteiger partial charge in [-0.15, -0.1) is 0 Å². The molecule has 0 bridgehead atoms. The Labute approximate surface area is 210 Å². The number of fused-ring (bicyclic) bond motifs is 2. The van der Waals surface area contributed by atoms with Crippen LogP contribution in [-0.4, -0.2) is 36.0 Å². The van der Waals surface area contributed by atoms with E-state index in [1.165, 1.54) is 0 Å². The summed E-state index contributed by atoms with van der Waals surface area (Å²) in [4.78, 5) is 29.7. The minimum absolute atomic E-state index is 0.0313. The molecular weight excluding hydrogens is 470 g/mol. The molecule has 0 aliphatic carbocycles. The van der Waals surface area contributed by atoms with Crippen LogP contribution in [0.15, 0.2) is 65.6 Å². The summed E-state index contributed by atoms with van der Waals surface area (Å²) >= 11 is 1.66. The van der Waals surface area contributed by atoms with Gasteiger partial charge in [-0.05, 0) is 52.6 Å². The zero-order chi connectivity index (χ0) is 24.6. The Kier molecular flexibility index (Phi) is 5.54. The number of nitrogens with one attached hydrogen (secondary N) is 3. The number of carbonyl (C=O) groups is 1. The predicted octanol–water partition coefficient (Wildman–Crippen LogP) is 6.28. The molecule has 36 heavy (non-hydrogen) atoms. The highest BCUT2D eigenvalue weighted by molar-refractivity contribution is 7.08. The minimum Gasteiger partial charge on any atom is -0.336 e. The molecule has 0 saturated carbocycles. The molecule has 1 amide bonds. The van der Waals surface area contributed by atoms with Crippen LogP contribution in [0.3, 0.4) is 0 Å². The molecule has 8 nitrogen and oxygen atoms in total. The van der Waals surface area contributed by atoms with Crippen LogP contribution in [0.5, 0.6) is 0 Å². The van der Waals surface area contributed by atoms with Gasteiger partial charge < -0.3 is 10.3 Å². The second-order valence-corrected chi connectivity index (χ2v) is 9.85. The Morgan fingerprint density at radius 3 is 2.78 bits per heavy atom. The molecule has 0 aliphatic heterocycles. The van der Waals surface area contributed by atoms with Crippen molar-refractivity contribution in [3.05, 3.63) is 65.6 Å². The van der Waals surface area contributed by atoms with Crippen LogP contribution < -0.4 is 5.32 Å². The quantitative estimate of drug-likeness (QED) is 0.253. The number of hydrogen-bond acceptors (Lipinski definition) is 6. The molecule has 0 radical (unpaired) electrons. The number of rotatable bonds is 6. The lowest BCUT2D eigenvalue weighted by molar-refractivity contribution is -0.116. The maximum absolute atomic E-state index is 12.2. The Hall–Kier alpha value is -4.37. The van der Waals surface area contributed by atoms with Crippen LogP contribution >= 0.6 is 11.3 Å². The molecule has 0 saturated heterocycles. The molecule has 0 fully saturated rings. The Bertz CT molecular complexity index is 1700. The third-order valence-electron chi connectivity index (χ3n) is 5.89. The molecule has 0 atom stereocenters.